The number of likely N-dealkylation sites (N-methyl/N-ethyl adjacent to an activating group) is 1. The normalized spacial score (nSPS) is 20.6. The van der Waals surface area contributed by atoms with Crippen molar-refractivity contribution >= 4 is 15.7 Å². The molecule has 3 N–H and O–H groups in total. The zero-order valence-electron chi connectivity index (χ0n) is 12.1. The molecule has 0 spiro atoms. The highest BCUT2D eigenvalue weighted by Crippen LogP contribution is 2.21. The van der Waals surface area contributed by atoms with Gasteiger partial charge in [0.15, 0.2) is 0 Å². The van der Waals surface area contributed by atoms with E-state index in [1.807, 2.05) is 11.9 Å². The number of nitrogens with one attached hydrogen (secondary N) is 1. The Hall–Kier alpha value is -1.22. The summed E-state index contributed by atoms with van der Waals surface area (Å²) < 4.78 is 46.3. The summed E-state index contributed by atoms with van der Waals surface area (Å²) >= 11 is 0. The predicted octanol–water partition coefficient (Wildman–Crippen LogP) is 0.325. The molecule has 2 rings (SSSR count). The van der Waals surface area contributed by atoms with E-state index in [1.54, 1.807) is 0 Å². The highest BCUT2D eigenvalue weighted by atomic mass is 32.2. The molecule has 0 aliphatic carbocycles. The summed E-state index contributed by atoms with van der Waals surface area (Å²) in [5.41, 5.74) is 6.00. The fraction of sp³-hybridized carbons (Fsp3) is 0.538. The van der Waals surface area contributed by atoms with E-state index < -0.39 is 20.7 Å². The van der Waals surface area contributed by atoms with Gasteiger partial charge in [-0.15, -0.1) is 0 Å². The van der Waals surface area contributed by atoms with E-state index in [-0.39, 0.29) is 23.9 Å². The van der Waals surface area contributed by atoms with E-state index in [0.29, 0.717) is 13.2 Å². The topological polar surface area (TPSA) is 84.7 Å². The molecule has 1 saturated heterocycles. The molecule has 1 aromatic carbocycles. The largest absolute Gasteiger partial charge is 0.399 e. The molecule has 6 nitrogen and oxygen atoms in total. The van der Waals surface area contributed by atoms with Crippen molar-refractivity contribution in [1.82, 2.24) is 9.62 Å². The van der Waals surface area contributed by atoms with Gasteiger partial charge in [0, 0.05) is 25.3 Å². The van der Waals surface area contributed by atoms with Gasteiger partial charge in [0.2, 0.25) is 10.0 Å². The minimum absolute atomic E-state index is 0.0972. The van der Waals surface area contributed by atoms with E-state index >= 15 is 0 Å². The first-order chi connectivity index (χ1) is 9.79. The van der Waals surface area contributed by atoms with Crippen LogP contribution >= 0.6 is 0 Å². The van der Waals surface area contributed by atoms with Crippen LogP contribution in [-0.4, -0.2) is 52.7 Å². The molecule has 1 aliphatic heterocycles. The van der Waals surface area contributed by atoms with Gasteiger partial charge in [-0.2, -0.15) is 0 Å². The molecule has 21 heavy (non-hydrogen) atoms. The number of halogens is 1. The molecule has 0 radical (unpaired) electrons. The first-order valence-electron chi connectivity index (χ1n) is 6.65. The summed E-state index contributed by atoms with van der Waals surface area (Å²) in [6.45, 7) is 3.56. The van der Waals surface area contributed by atoms with Crippen molar-refractivity contribution in [3.63, 3.8) is 0 Å². The van der Waals surface area contributed by atoms with Crippen molar-refractivity contribution in [2.24, 2.45) is 0 Å². The van der Waals surface area contributed by atoms with E-state index in [4.69, 9.17) is 10.5 Å². The SMILES string of the molecule is Cc1cc(N)cc(S(=O)(=O)NCC2CN(C)CCO2)c1F. The average molecular weight is 317 g/mol. The number of hydrogen-bond acceptors (Lipinski definition) is 5. The summed E-state index contributed by atoms with van der Waals surface area (Å²) in [6, 6.07) is 2.52. The Balaban J connectivity index is 2.12. The summed E-state index contributed by atoms with van der Waals surface area (Å²) in [6.07, 6.45) is -0.247. The van der Waals surface area contributed by atoms with Gasteiger partial charge in [-0.1, -0.05) is 0 Å². The molecule has 1 atom stereocenters. The number of aryl methyl sites for hydroxylation is 1. The minimum atomic E-state index is -3.96. The molecular formula is C13H20FN3O3S. The van der Waals surface area contributed by atoms with Crippen LogP contribution in [0.3, 0.4) is 0 Å². The number of sulfonamides is 1. The van der Waals surface area contributed by atoms with Gasteiger partial charge in [0.25, 0.3) is 0 Å². The third-order valence-corrected chi connectivity index (χ3v) is 4.80. The van der Waals surface area contributed by atoms with E-state index in [1.165, 1.54) is 13.0 Å². The number of morpholine rings is 1. The summed E-state index contributed by atoms with van der Waals surface area (Å²) in [4.78, 5) is 1.62. The molecule has 1 aromatic rings. The maximum atomic E-state index is 14.0. The third-order valence-electron chi connectivity index (χ3n) is 3.38. The van der Waals surface area contributed by atoms with E-state index in [2.05, 4.69) is 4.72 Å². The third kappa shape index (κ3) is 3.91. The monoisotopic (exact) mass is 317 g/mol. The number of benzene rings is 1. The molecule has 0 bridgehead atoms. The summed E-state index contributed by atoms with van der Waals surface area (Å²) in [5.74, 6) is -0.779. The standard InChI is InChI=1S/C13H20FN3O3S/c1-9-5-10(15)6-12(13(9)14)21(18,19)16-7-11-8-17(2)3-4-20-11/h5-6,11,16H,3-4,7-8,15H2,1-2H3. The van der Waals surface area contributed by atoms with Crippen LogP contribution in [0.15, 0.2) is 17.0 Å². The molecule has 118 valence electrons. The van der Waals surface area contributed by atoms with Gasteiger partial charge < -0.3 is 15.4 Å². The van der Waals surface area contributed by atoms with Gasteiger partial charge in [-0.05, 0) is 31.7 Å². The van der Waals surface area contributed by atoms with Crippen molar-refractivity contribution in [3.05, 3.63) is 23.5 Å². The smallest absolute Gasteiger partial charge is 0.243 e. The van der Waals surface area contributed by atoms with Gasteiger partial charge in [-0.25, -0.2) is 17.5 Å². The molecule has 1 unspecified atom stereocenters. The van der Waals surface area contributed by atoms with E-state index in [0.717, 1.165) is 12.6 Å². The molecule has 0 saturated carbocycles. The zero-order chi connectivity index (χ0) is 15.6. The number of anilines is 1. The fourth-order valence-corrected chi connectivity index (χ4v) is 3.48. The van der Waals surface area contributed by atoms with Crippen molar-refractivity contribution in [2.75, 3.05) is 39.0 Å². The Morgan fingerprint density at radius 3 is 2.90 bits per heavy atom. The summed E-state index contributed by atoms with van der Waals surface area (Å²) in [5, 5.41) is 0. The average Bonchev–Trinajstić information content (AvgIpc) is 2.41. The maximum Gasteiger partial charge on any atom is 0.243 e. The number of nitrogen functional groups attached to an aromatic ring is 1. The Morgan fingerprint density at radius 2 is 2.24 bits per heavy atom. The van der Waals surface area contributed by atoms with E-state index in [9.17, 15) is 12.8 Å². The van der Waals surface area contributed by atoms with Crippen molar-refractivity contribution in [2.45, 2.75) is 17.9 Å². The van der Waals surface area contributed by atoms with Crippen LogP contribution in [0, 0.1) is 12.7 Å². The van der Waals surface area contributed by atoms with Crippen LogP contribution < -0.4 is 10.5 Å². The summed E-state index contributed by atoms with van der Waals surface area (Å²) in [7, 11) is -2.02. The highest BCUT2D eigenvalue weighted by molar-refractivity contribution is 7.89. The van der Waals surface area contributed by atoms with Gasteiger partial charge >= 0.3 is 0 Å². The first kappa shape index (κ1) is 16.2. The molecule has 1 heterocycles. The fourth-order valence-electron chi connectivity index (χ4n) is 2.23. The Morgan fingerprint density at radius 1 is 1.52 bits per heavy atom. The number of ether oxygens (including phenoxy) is 1. The van der Waals surface area contributed by atoms with Crippen LogP contribution in [0.2, 0.25) is 0 Å². The lowest BCUT2D eigenvalue weighted by atomic mass is 10.2. The molecule has 0 aromatic heterocycles. The number of hydrogen-bond donors (Lipinski definition) is 2. The van der Waals surface area contributed by atoms with Crippen LogP contribution in [0.25, 0.3) is 0 Å². The molecule has 8 heteroatoms. The second-order valence-corrected chi connectivity index (χ2v) is 6.99. The van der Waals surface area contributed by atoms with Crippen LogP contribution in [-0.2, 0) is 14.8 Å². The Labute approximate surface area is 124 Å². The van der Waals surface area contributed by atoms with Crippen LogP contribution in [0.4, 0.5) is 10.1 Å². The quantitative estimate of drug-likeness (QED) is 0.782. The molecule has 0 amide bonds. The van der Waals surface area contributed by atoms with Crippen molar-refractivity contribution in [3.8, 4) is 0 Å². The number of rotatable bonds is 4. The molecule has 1 aliphatic rings. The van der Waals surface area contributed by atoms with Crippen LogP contribution in [0.5, 0.6) is 0 Å². The lowest BCUT2D eigenvalue weighted by Gasteiger charge is -2.30. The highest BCUT2D eigenvalue weighted by Gasteiger charge is 2.24. The predicted molar refractivity (Wildman–Crippen MR) is 78.0 cm³/mol. The molecule has 1 fully saturated rings. The van der Waals surface area contributed by atoms with Crippen molar-refractivity contribution < 1.29 is 17.5 Å². The second kappa shape index (κ2) is 6.27. The Bertz CT molecular complexity index is 621. The second-order valence-electron chi connectivity index (χ2n) is 5.26. The van der Waals surface area contributed by atoms with Crippen molar-refractivity contribution in [1.29, 1.82) is 0 Å². The lowest BCUT2D eigenvalue weighted by Crippen LogP contribution is -2.46. The maximum absolute atomic E-state index is 14.0. The number of nitrogens with two attached hydrogens (primary N) is 1. The molecular weight excluding hydrogens is 297 g/mol. The minimum Gasteiger partial charge on any atom is -0.399 e. The van der Waals surface area contributed by atoms with Gasteiger partial charge in [0.05, 0.1) is 12.7 Å². The van der Waals surface area contributed by atoms with Gasteiger partial charge in [-0.3, -0.25) is 0 Å². The Kier molecular flexibility index (Phi) is 4.82. The first-order valence-corrected chi connectivity index (χ1v) is 8.13. The number of nitrogens with zero attached hydrogens (tertiary/aromatic N) is 1. The lowest BCUT2D eigenvalue weighted by molar-refractivity contribution is -0.0156. The van der Waals surface area contributed by atoms with Crippen LogP contribution in [0.1, 0.15) is 5.56 Å². The zero-order valence-corrected chi connectivity index (χ0v) is 12.9. The van der Waals surface area contributed by atoms with Gasteiger partial charge in [0.1, 0.15) is 10.7 Å².